The van der Waals surface area contributed by atoms with E-state index in [0.29, 0.717) is 12.0 Å². The summed E-state index contributed by atoms with van der Waals surface area (Å²) in [6, 6.07) is 5.53. The van der Waals surface area contributed by atoms with Gasteiger partial charge in [0, 0.05) is 20.8 Å². The fourth-order valence-electron chi connectivity index (χ4n) is 1.78. The van der Waals surface area contributed by atoms with Crippen molar-refractivity contribution in [2.75, 3.05) is 7.05 Å². The van der Waals surface area contributed by atoms with Gasteiger partial charge < -0.3 is 5.32 Å². The standard InChI is InChI=1S/C13H12BrF2NS/c1-17-12(13-6-9(14)7-18-13)5-8-4-10(15)2-3-11(8)16/h2-4,6-7,12,17H,5H2,1H3. The summed E-state index contributed by atoms with van der Waals surface area (Å²) in [5.74, 6) is -0.777. The maximum atomic E-state index is 13.6. The average Bonchev–Trinajstić information content (AvgIpc) is 2.77. The van der Waals surface area contributed by atoms with Crippen molar-refractivity contribution in [3.8, 4) is 0 Å². The highest BCUT2D eigenvalue weighted by Gasteiger charge is 2.15. The SMILES string of the molecule is CNC(Cc1cc(F)ccc1F)c1cc(Br)cs1. The molecule has 2 aromatic rings. The molecule has 96 valence electrons. The summed E-state index contributed by atoms with van der Waals surface area (Å²) < 4.78 is 27.7. The van der Waals surface area contributed by atoms with Crippen LogP contribution in [0.25, 0.3) is 0 Å². The average molecular weight is 332 g/mol. The molecule has 1 N–H and O–H groups in total. The lowest BCUT2D eigenvalue weighted by Gasteiger charge is -2.15. The predicted molar refractivity (Wildman–Crippen MR) is 73.9 cm³/mol. The van der Waals surface area contributed by atoms with Crippen molar-refractivity contribution in [2.24, 2.45) is 0 Å². The largest absolute Gasteiger partial charge is 0.312 e. The predicted octanol–water partition coefficient (Wildman–Crippen LogP) is 4.29. The molecule has 2 rings (SSSR count). The first-order chi connectivity index (χ1) is 8.60. The second-order valence-corrected chi connectivity index (χ2v) is 5.81. The number of hydrogen-bond acceptors (Lipinski definition) is 2. The van der Waals surface area contributed by atoms with Gasteiger partial charge in [-0.15, -0.1) is 11.3 Å². The van der Waals surface area contributed by atoms with Crippen molar-refractivity contribution >= 4 is 27.3 Å². The van der Waals surface area contributed by atoms with Crippen LogP contribution in [0.15, 0.2) is 34.1 Å². The van der Waals surface area contributed by atoms with Gasteiger partial charge in [-0.2, -0.15) is 0 Å². The van der Waals surface area contributed by atoms with Crippen LogP contribution < -0.4 is 5.32 Å². The van der Waals surface area contributed by atoms with Crippen molar-refractivity contribution in [1.29, 1.82) is 0 Å². The van der Waals surface area contributed by atoms with Gasteiger partial charge in [-0.1, -0.05) is 0 Å². The molecule has 18 heavy (non-hydrogen) atoms. The van der Waals surface area contributed by atoms with E-state index < -0.39 is 5.82 Å². The highest BCUT2D eigenvalue weighted by atomic mass is 79.9. The maximum absolute atomic E-state index is 13.6. The lowest BCUT2D eigenvalue weighted by molar-refractivity contribution is 0.548. The monoisotopic (exact) mass is 331 g/mol. The molecule has 0 bridgehead atoms. The second-order valence-electron chi connectivity index (χ2n) is 3.95. The molecular weight excluding hydrogens is 320 g/mol. The van der Waals surface area contributed by atoms with Gasteiger partial charge in [0.1, 0.15) is 11.6 Å². The van der Waals surface area contributed by atoms with Crippen molar-refractivity contribution < 1.29 is 8.78 Å². The zero-order valence-corrected chi connectivity index (χ0v) is 12.1. The van der Waals surface area contributed by atoms with Crippen LogP contribution in [-0.2, 0) is 6.42 Å². The third kappa shape index (κ3) is 3.16. The number of nitrogens with one attached hydrogen (secondary N) is 1. The van der Waals surface area contributed by atoms with E-state index in [0.717, 1.165) is 15.4 Å². The lowest BCUT2D eigenvalue weighted by atomic mass is 10.0. The summed E-state index contributed by atoms with van der Waals surface area (Å²) in [5, 5.41) is 5.10. The summed E-state index contributed by atoms with van der Waals surface area (Å²) in [7, 11) is 1.81. The maximum Gasteiger partial charge on any atom is 0.126 e. The quantitative estimate of drug-likeness (QED) is 0.881. The summed E-state index contributed by atoms with van der Waals surface area (Å²) >= 11 is 4.98. The number of rotatable bonds is 4. The van der Waals surface area contributed by atoms with Gasteiger partial charge in [-0.3, -0.25) is 0 Å². The van der Waals surface area contributed by atoms with Crippen LogP contribution >= 0.6 is 27.3 Å². The molecular formula is C13H12BrF2NS. The van der Waals surface area contributed by atoms with Gasteiger partial charge in [0.25, 0.3) is 0 Å². The van der Waals surface area contributed by atoms with E-state index in [-0.39, 0.29) is 11.9 Å². The molecule has 0 aliphatic rings. The molecule has 0 saturated carbocycles. The Morgan fingerprint density at radius 1 is 1.33 bits per heavy atom. The smallest absolute Gasteiger partial charge is 0.126 e. The Hall–Kier alpha value is -0.780. The normalized spacial score (nSPS) is 12.7. The molecule has 1 unspecified atom stereocenters. The molecule has 0 fully saturated rings. The second kappa shape index (κ2) is 5.91. The van der Waals surface area contributed by atoms with E-state index in [1.165, 1.54) is 12.1 Å². The Labute approximate surface area is 117 Å². The van der Waals surface area contributed by atoms with Gasteiger partial charge in [-0.05, 0) is 59.2 Å². The highest BCUT2D eigenvalue weighted by Crippen LogP contribution is 2.28. The molecule has 0 radical (unpaired) electrons. The van der Waals surface area contributed by atoms with E-state index in [1.807, 2.05) is 18.5 Å². The topological polar surface area (TPSA) is 12.0 Å². The number of thiophene rings is 1. The minimum Gasteiger partial charge on any atom is -0.312 e. The minimum absolute atomic E-state index is 0.0161. The summed E-state index contributed by atoms with van der Waals surface area (Å²) in [6.07, 6.45) is 0.424. The molecule has 5 heteroatoms. The van der Waals surface area contributed by atoms with Crippen LogP contribution in [-0.4, -0.2) is 7.05 Å². The van der Waals surface area contributed by atoms with Crippen LogP contribution in [0.5, 0.6) is 0 Å². The molecule has 0 aliphatic carbocycles. The third-order valence-electron chi connectivity index (χ3n) is 2.71. The summed E-state index contributed by atoms with van der Waals surface area (Å²) in [5.41, 5.74) is 0.388. The fraction of sp³-hybridized carbons (Fsp3) is 0.231. The van der Waals surface area contributed by atoms with Gasteiger partial charge in [0.15, 0.2) is 0 Å². The van der Waals surface area contributed by atoms with E-state index in [1.54, 1.807) is 11.3 Å². The molecule has 0 spiro atoms. The van der Waals surface area contributed by atoms with E-state index in [9.17, 15) is 8.78 Å². The first-order valence-corrected chi connectivity index (χ1v) is 7.12. The molecule has 0 saturated heterocycles. The molecule has 1 atom stereocenters. The van der Waals surface area contributed by atoms with Crippen molar-refractivity contribution in [2.45, 2.75) is 12.5 Å². The Kier molecular flexibility index (Phi) is 4.48. The van der Waals surface area contributed by atoms with Gasteiger partial charge in [0.2, 0.25) is 0 Å². The van der Waals surface area contributed by atoms with Crippen molar-refractivity contribution in [3.63, 3.8) is 0 Å². The first-order valence-electron chi connectivity index (χ1n) is 5.45. The first kappa shape index (κ1) is 13.6. The molecule has 0 aliphatic heterocycles. The number of halogens is 3. The van der Waals surface area contributed by atoms with E-state index >= 15 is 0 Å². The van der Waals surface area contributed by atoms with Crippen LogP contribution in [0.1, 0.15) is 16.5 Å². The van der Waals surface area contributed by atoms with E-state index in [4.69, 9.17) is 0 Å². The van der Waals surface area contributed by atoms with Gasteiger partial charge >= 0.3 is 0 Å². The van der Waals surface area contributed by atoms with Crippen LogP contribution in [0.3, 0.4) is 0 Å². The van der Waals surface area contributed by atoms with Crippen molar-refractivity contribution in [3.05, 3.63) is 56.2 Å². The zero-order chi connectivity index (χ0) is 13.1. The summed E-state index contributed by atoms with van der Waals surface area (Å²) in [6.45, 7) is 0. The van der Waals surface area contributed by atoms with Crippen LogP contribution in [0.4, 0.5) is 8.78 Å². The Morgan fingerprint density at radius 2 is 2.11 bits per heavy atom. The Morgan fingerprint density at radius 3 is 2.72 bits per heavy atom. The van der Waals surface area contributed by atoms with Gasteiger partial charge in [0.05, 0.1) is 0 Å². The van der Waals surface area contributed by atoms with Crippen LogP contribution in [0, 0.1) is 11.6 Å². The fourth-order valence-corrected chi connectivity index (χ4v) is 3.33. The van der Waals surface area contributed by atoms with Crippen LogP contribution in [0.2, 0.25) is 0 Å². The lowest BCUT2D eigenvalue weighted by Crippen LogP contribution is -2.18. The highest BCUT2D eigenvalue weighted by molar-refractivity contribution is 9.10. The van der Waals surface area contributed by atoms with Crippen molar-refractivity contribution in [1.82, 2.24) is 5.32 Å². The number of likely N-dealkylation sites (N-methyl/N-ethyl adjacent to an activating group) is 1. The molecule has 0 amide bonds. The number of benzene rings is 1. The Bertz CT molecular complexity index is 542. The van der Waals surface area contributed by atoms with E-state index in [2.05, 4.69) is 21.2 Å². The summed E-state index contributed by atoms with van der Waals surface area (Å²) in [4.78, 5) is 1.09. The number of hydrogen-bond donors (Lipinski definition) is 1. The molecule has 1 heterocycles. The molecule has 1 aromatic carbocycles. The molecule has 1 nitrogen and oxygen atoms in total. The minimum atomic E-state index is -0.409. The van der Waals surface area contributed by atoms with Gasteiger partial charge in [-0.25, -0.2) is 8.78 Å². The molecule has 1 aromatic heterocycles. The third-order valence-corrected chi connectivity index (χ3v) is 4.52. The Balaban J connectivity index is 2.22. The zero-order valence-electron chi connectivity index (χ0n) is 9.71.